The summed E-state index contributed by atoms with van der Waals surface area (Å²) < 4.78 is 0. The second-order valence-electron chi connectivity index (χ2n) is 5.29. The molecule has 19 heavy (non-hydrogen) atoms. The van der Waals surface area contributed by atoms with Crippen LogP contribution in [-0.2, 0) is 15.0 Å². The molecule has 1 aromatic rings. The molecule has 1 aliphatic rings. The van der Waals surface area contributed by atoms with Gasteiger partial charge in [0, 0.05) is 36.5 Å². The third kappa shape index (κ3) is 2.14. The molecule has 1 amide bonds. The number of anilines is 2. The van der Waals surface area contributed by atoms with Gasteiger partial charge in [0.1, 0.15) is 6.29 Å². The molecule has 2 rings (SSSR count). The average Bonchev–Trinajstić information content (AvgIpc) is 2.50. The molecule has 0 unspecified atom stereocenters. The molecule has 100 valence electrons. The summed E-state index contributed by atoms with van der Waals surface area (Å²) >= 11 is 0. The molecule has 1 N–H and O–H groups in total. The van der Waals surface area contributed by atoms with Crippen molar-refractivity contribution in [3.05, 3.63) is 35.5 Å². The fraction of sp³-hybridized carbons (Fsp3) is 0.333. The maximum atomic E-state index is 11.1. The van der Waals surface area contributed by atoms with Crippen LogP contribution in [0.25, 0.3) is 0 Å². The Kier molecular flexibility index (Phi) is 3.18. The highest BCUT2D eigenvalue weighted by Crippen LogP contribution is 2.47. The zero-order chi connectivity index (χ0) is 14.2. The number of nitrogens with one attached hydrogen (secondary N) is 1. The summed E-state index contributed by atoms with van der Waals surface area (Å²) in [5, 5.41) is 2.79. The molecule has 0 atom stereocenters. The molecule has 1 heterocycles. The summed E-state index contributed by atoms with van der Waals surface area (Å²) in [6.07, 6.45) is 2.41. The van der Waals surface area contributed by atoms with Crippen molar-refractivity contribution in [1.82, 2.24) is 0 Å². The molecule has 0 spiro atoms. The number of nitrogens with zero attached hydrogens (tertiary/aromatic N) is 1. The molecule has 0 bridgehead atoms. The Balaban J connectivity index is 2.53. The Morgan fingerprint density at radius 2 is 2.05 bits per heavy atom. The van der Waals surface area contributed by atoms with Gasteiger partial charge < -0.3 is 10.2 Å². The molecule has 0 fully saturated rings. The van der Waals surface area contributed by atoms with Crippen LogP contribution in [0.2, 0.25) is 0 Å². The summed E-state index contributed by atoms with van der Waals surface area (Å²) in [5.41, 5.74) is 3.65. The molecule has 0 aromatic heterocycles. The number of amides is 1. The van der Waals surface area contributed by atoms with E-state index in [9.17, 15) is 9.59 Å². The standard InChI is InChI=1S/C15H18N2O2/c1-10(19)16-11-5-6-13-12(9-11)15(2,3)14(7-8-18)17(13)4/h5-9H,1-4H3,(H,16,19). The number of rotatable bonds is 2. The second-order valence-corrected chi connectivity index (χ2v) is 5.29. The minimum atomic E-state index is -0.251. The molecule has 1 aliphatic heterocycles. The van der Waals surface area contributed by atoms with Crippen molar-refractivity contribution in [3.8, 4) is 0 Å². The predicted molar refractivity (Wildman–Crippen MR) is 76.3 cm³/mol. The SMILES string of the molecule is CC(=O)Nc1ccc2c(c1)C(C)(C)C(=CC=O)N2C. The van der Waals surface area contributed by atoms with E-state index in [4.69, 9.17) is 0 Å². The lowest BCUT2D eigenvalue weighted by molar-refractivity contribution is -0.114. The van der Waals surface area contributed by atoms with Crippen LogP contribution in [0.1, 0.15) is 26.3 Å². The number of benzene rings is 1. The van der Waals surface area contributed by atoms with Crippen molar-refractivity contribution in [2.75, 3.05) is 17.3 Å². The lowest BCUT2D eigenvalue weighted by atomic mass is 9.83. The van der Waals surface area contributed by atoms with Crippen molar-refractivity contribution in [1.29, 1.82) is 0 Å². The molecule has 0 saturated carbocycles. The lowest BCUT2D eigenvalue weighted by Gasteiger charge is -2.23. The van der Waals surface area contributed by atoms with Crippen LogP contribution in [0, 0.1) is 0 Å². The zero-order valence-electron chi connectivity index (χ0n) is 11.7. The van der Waals surface area contributed by atoms with Crippen LogP contribution < -0.4 is 10.2 Å². The summed E-state index contributed by atoms with van der Waals surface area (Å²) in [7, 11) is 1.95. The first kappa shape index (κ1) is 13.3. The Morgan fingerprint density at radius 1 is 1.37 bits per heavy atom. The van der Waals surface area contributed by atoms with Crippen LogP contribution in [0.3, 0.4) is 0 Å². The van der Waals surface area contributed by atoms with E-state index < -0.39 is 0 Å². The molecular formula is C15H18N2O2. The van der Waals surface area contributed by atoms with Gasteiger partial charge in [0.2, 0.25) is 5.91 Å². The number of carbonyl (C=O) groups excluding carboxylic acids is 2. The number of carbonyl (C=O) groups is 2. The number of aldehydes is 1. The summed E-state index contributed by atoms with van der Waals surface area (Å²) in [5.74, 6) is -0.0900. The smallest absolute Gasteiger partial charge is 0.221 e. The van der Waals surface area contributed by atoms with Gasteiger partial charge in [0.15, 0.2) is 0 Å². The van der Waals surface area contributed by atoms with Gasteiger partial charge in [0.05, 0.1) is 0 Å². The van der Waals surface area contributed by atoms with Crippen molar-refractivity contribution < 1.29 is 9.59 Å². The summed E-state index contributed by atoms with van der Waals surface area (Å²) in [6, 6.07) is 5.81. The molecular weight excluding hydrogens is 240 g/mol. The van der Waals surface area contributed by atoms with Crippen LogP contribution >= 0.6 is 0 Å². The monoisotopic (exact) mass is 258 g/mol. The molecule has 0 saturated heterocycles. The normalized spacial score (nSPS) is 18.3. The van der Waals surface area contributed by atoms with E-state index in [1.54, 1.807) is 6.08 Å². The van der Waals surface area contributed by atoms with Crippen LogP contribution in [-0.4, -0.2) is 19.2 Å². The van der Waals surface area contributed by atoms with Gasteiger partial charge >= 0.3 is 0 Å². The zero-order valence-corrected chi connectivity index (χ0v) is 11.7. The van der Waals surface area contributed by atoms with Crippen LogP contribution in [0.5, 0.6) is 0 Å². The summed E-state index contributed by atoms with van der Waals surface area (Å²) in [4.78, 5) is 23.9. The van der Waals surface area contributed by atoms with Gasteiger partial charge in [-0.05, 0) is 29.8 Å². The highest BCUT2D eigenvalue weighted by Gasteiger charge is 2.38. The van der Waals surface area contributed by atoms with E-state index in [0.717, 1.165) is 28.9 Å². The van der Waals surface area contributed by atoms with Crippen molar-refractivity contribution in [2.24, 2.45) is 0 Å². The number of likely N-dealkylation sites (N-methyl/N-ethyl adjacent to an activating group) is 1. The number of hydrogen-bond donors (Lipinski definition) is 1. The molecule has 4 heteroatoms. The quantitative estimate of drug-likeness (QED) is 0.655. The molecule has 0 radical (unpaired) electrons. The fourth-order valence-electron chi connectivity index (χ4n) is 2.68. The highest BCUT2D eigenvalue weighted by atomic mass is 16.1. The summed E-state index contributed by atoms with van der Waals surface area (Å²) in [6.45, 7) is 5.63. The Hall–Kier alpha value is -2.10. The maximum absolute atomic E-state index is 11.1. The highest BCUT2D eigenvalue weighted by molar-refractivity contribution is 5.90. The molecule has 1 aromatic carbocycles. The van der Waals surface area contributed by atoms with Gasteiger partial charge in [-0.1, -0.05) is 13.8 Å². The Bertz CT molecular complexity index is 574. The van der Waals surface area contributed by atoms with Gasteiger partial charge in [0.25, 0.3) is 0 Å². The fourth-order valence-corrected chi connectivity index (χ4v) is 2.68. The van der Waals surface area contributed by atoms with E-state index in [-0.39, 0.29) is 11.3 Å². The van der Waals surface area contributed by atoms with Crippen molar-refractivity contribution in [2.45, 2.75) is 26.2 Å². The second kappa shape index (κ2) is 4.53. The largest absolute Gasteiger partial charge is 0.347 e. The number of allylic oxidation sites excluding steroid dienone is 2. The third-order valence-corrected chi connectivity index (χ3v) is 3.58. The van der Waals surface area contributed by atoms with Gasteiger partial charge in [-0.25, -0.2) is 0 Å². The first-order valence-corrected chi connectivity index (χ1v) is 6.19. The van der Waals surface area contributed by atoms with Crippen molar-refractivity contribution in [3.63, 3.8) is 0 Å². The van der Waals surface area contributed by atoms with Gasteiger partial charge in [-0.15, -0.1) is 0 Å². The van der Waals surface area contributed by atoms with E-state index in [2.05, 4.69) is 19.2 Å². The molecule has 0 aliphatic carbocycles. The van der Waals surface area contributed by atoms with Crippen molar-refractivity contribution >= 4 is 23.6 Å². The predicted octanol–water partition coefficient (Wildman–Crippen LogP) is 2.46. The molecule has 4 nitrogen and oxygen atoms in total. The lowest BCUT2D eigenvalue weighted by Crippen LogP contribution is -2.23. The maximum Gasteiger partial charge on any atom is 0.221 e. The van der Waals surface area contributed by atoms with Gasteiger partial charge in [-0.2, -0.15) is 0 Å². The topological polar surface area (TPSA) is 49.4 Å². The van der Waals surface area contributed by atoms with Crippen LogP contribution in [0.4, 0.5) is 11.4 Å². The van der Waals surface area contributed by atoms with E-state index in [1.165, 1.54) is 6.92 Å². The number of fused-ring (bicyclic) bond motifs is 1. The van der Waals surface area contributed by atoms with E-state index in [1.807, 2.05) is 30.1 Å². The van der Waals surface area contributed by atoms with E-state index in [0.29, 0.717) is 0 Å². The van der Waals surface area contributed by atoms with Gasteiger partial charge in [-0.3, -0.25) is 9.59 Å². The number of hydrogen-bond acceptors (Lipinski definition) is 3. The third-order valence-electron chi connectivity index (χ3n) is 3.58. The minimum absolute atomic E-state index is 0.0900. The first-order chi connectivity index (χ1) is 8.87. The minimum Gasteiger partial charge on any atom is -0.347 e. The Labute approximate surface area is 113 Å². The first-order valence-electron chi connectivity index (χ1n) is 6.19. The average molecular weight is 258 g/mol. The van der Waals surface area contributed by atoms with E-state index >= 15 is 0 Å². The Morgan fingerprint density at radius 3 is 2.63 bits per heavy atom. The van der Waals surface area contributed by atoms with Crippen LogP contribution in [0.15, 0.2) is 30.0 Å².